The molecule has 1 heterocycles. The van der Waals surface area contributed by atoms with Gasteiger partial charge < -0.3 is 5.32 Å². The minimum Gasteiger partial charge on any atom is -0.316 e. The molecule has 1 rings (SSSR count). The zero-order valence-corrected chi connectivity index (χ0v) is 11.2. The first kappa shape index (κ1) is 12.6. The van der Waals surface area contributed by atoms with Crippen LogP contribution in [0.25, 0.3) is 0 Å². The number of aromatic nitrogens is 3. The summed E-state index contributed by atoms with van der Waals surface area (Å²) in [5.41, 5.74) is 1.17. The molecule has 0 aliphatic carbocycles. The molecule has 0 radical (unpaired) electrons. The molecule has 0 spiro atoms. The monoisotopic (exact) mass is 274 g/mol. The minimum absolute atomic E-state index is 0.718. The highest BCUT2D eigenvalue weighted by atomic mass is 79.9. The zero-order chi connectivity index (χ0) is 11.3. The maximum atomic E-state index is 3.95. The Morgan fingerprint density at radius 1 is 1.47 bits per heavy atom. The molecule has 0 saturated heterocycles. The minimum atomic E-state index is 0.718. The highest BCUT2D eigenvalue weighted by molar-refractivity contribution is 9.10. The second-order valence-corrected chi connectivity index (χ2v) is 4.90. The Morgan fingerprint density at radius 2 is 2.20 bits per heavy atom. The first-order valence-electron chi connectivity index (χ1n) is 5.36. The highest BCUT2D eigenvalue weighted by Crippen LogP contribution is 2.13. The number of rotatable bonds is 6. The summed E-state index contributed by atoms with van der Waals surface area (Å²) in [4.78, 5) is 0. The van der Waals surface area contributed by atoms with Gasteiger partial charge in [-0.2, -0.15) is 0 Å². The Hall–Kier alpha value is -0.420. The number of aryl methyl sites for hydroxylation is 1. The van der Waals surface area contributed by atoms with E-state index in [0.717, 1.165) is 36.5 Å². The van der Waals surface area contributed by atoms with Crippen molar-refractivity contribution in [3.05, 3.63) is 10.3 Å². The summed E-state index contributed by atoms with van der Waals surface area (Å²) < 4.78 is 2.70. The lowest BCUT2D eigenvalue weighted by atomic mass is 10.2. The van der Waals surface area contributed by atoms with Gasteiger partial charge >= 0.3 is 0 Å². The lowest BCUT2D eigenvalue weighted by molar-refractivity contribution is 0.538. The van der Waals surface area contributed by atoms with Crippen LogP contribution in [0.5, 0.6) is 0 Å². The predicted octanol–water partition coefficient (Wildman–Crippen LogP) is 1.76. The lowest BCUT2D eigenvalue weighted by Gasteiger charge is -2.07. The van der Waals surface area contributed by atoms with Gasteiger partial charge in [-0.05, 0) is 47.8 Å². The quantitative estimate of drug-likeness (QED) is 0.804. The topological polar surface area (TPSA) is 42.7 Å². The molecule has 1 N–H and O–H groups in total. The fourth-order valence-electron chi connectivity index (χ4n) is 1.39. The third kappa shape index (κ3) is 4.30. The van der Waals surface area contributed by atoms with Crippen LogP contribution in [0.2, 0.25) is 0 Å². The third-order valence-corrected chi connectivity index (χ3v) is 2.83. The van der Waals surface area contributed by atoms with Crippen LogP contribution >= 0.6 is 15.9 Å². The standard InChI is InChI=1S/C10H19BrN4/c1-8(2)7-12-6-4-5-9-10(11)13-14-15(9)3/h8,12H,4-7H2,1-3H3. The van der Waals surface area contributed by atoms with Crippen LogP contribution in [0.3, 0.4) is 0 Å². The molecule has 15 heavy (non-hydrogen) atoms. The van der Waals surface area contributed by atoms with E-state index in [4.69, 9.17) is 0 Å². The van der Waals surface area contributed by atoms with E-state index in [1.54, 1.807) is 0 Å². The number of nitrogens with zero attached hydrogens (tertiary/aromatic N) is 3. The van der Waals surface area contributed by atoms with Crippen LogP contribution in [-0.2, 0) is 13.5 Å². The van der Waals surface area contributed by atoms with E-state index in [2.05, 4.69) is 45.4 Å². The molecule has 0 aliphatic heterocycles. The Morgan fingerprint density at radius 3 is 2.73 bits per heavy atom. The Labute approximate surface area is 99.6 Å². The van der Waals surface area contributed by atoms with Gasteiger partial charge in [0.2, 0.25) is 0 Å². The van der Waals surface area contributed by atoms with E-state index < -0.39 is 0 Å². The van der Waals surface area contributed by atoms with Crippen LogP contribution in [0, 0.1) is 5.92 Å². The molecule has 1 aromatic heterocycles. The summed E-state index contributed by atoms with van der Waals surface area (Å²) >= 11 is 3.39. The van der Waals surface area contributed by atoms with Gasteiger partial charge in [-0.25, -0.2) is 0 Å². The number of hydrogen-bond donors (Lipinski definition) is 1. The second kappa shape index (κ2) is 6.23. The smallest absolute Gasteiger partial charge is 0.151 e. The van der Waals surface area contributed by atoms with Gasteiger partial charge in [-0.1, -0.05) is 19.1 Å². The summed E-state index contributed by atoms with van der Waals surface area (Å²) in [5.74, 6) is 0.718. The summed E-state index contributed by atoms with van der Waals surface area (Å²) in [6.07, 6.45) is 2.13. The van der Waals surface area contributed by atoms with Crippen molar-refractivity contribution in [2.75, 3.05) is 13.1 Å². The molecule has 0 aliphatic rings. The molecule has 0 bridgehead atoms. The summed E-state index contributed by atoms with van der Waals surface area (Å²) in [7, 11) is 1.93. The van der Waals surface area contributed by atoms with Crippen LogP contribution in [-0.4, -0.2) is 28.1 Å². The van der Waals surface area contributed by atoms with Gasteiger partial charge in [0.1, 0.15) is 0 Å². The van der Waals surface area contributed by atoms with Crippen molar-refractivity contribution < 1.29 is 0 Å². The number of halogens is 1. The second-order valence-electron chi connectivity index (χ2n) is 4.15. The summed E-state index contributed by atoms with van der Waals surface area (Å²) in [6.45, 7) is 6.57. The lowest BCUT2D eigenvalue weighted by Crippen LogP contribution is -2.21. The first-order valence-corrected chi connectivity index (χ1v) is 6.15. The molecule has 0 fully saturated rings. The van der Waals surface area contributed by atoms with Gasteiger partial charge in [-0.15, -0.1) is 5.10 Å². The van der Waals surface area contributed by atoms with Crippen LogP contribution in [0.4, 0.5) is 0 Å². The fraction of sp³-hybridized carbons (Fsp3) is 0.800. The molecule has 5 heteroatoms. The maximum absolute atomic E-state index is 3.95. The predicted molar refractivity (Wildman–Crippen MR) is 64.7 cm³/mol. The van der Waals surface area contributed by atoms with Crippen molar-refractivity contribution >= 4 is 15.9 Å². The zero-order valence-electron chi connectivity index (χ0n) is 9.63. The third-order valence-electron chi connectivity index (χ3n) is 2.22. The van der Waals surface area contributed by atoms with Crippen molar-refractivity contribution in [3.8, 4) is 0 Å². The van der Waals surface area contributed by atoms with E-state index in [9.17, 15) is 0 Å². The average Bonchev–Trinajstić information content (AvgIpc) is 2.47. The van der Waals surface area contributed by atoms with Gasteiger partial charge in [-0.3, -0.25) is 4.68 Å². The first-order chi connectivity index (χ1) is 7.11. The Kier molecular flexibility index (Phi) is 5.25. The average molecular weight is 275 g/mol. The molecule has 0 amide bonds. The van der Waals surface area contributed by atoms with Crippen molar-refractivity contribution in [1.82, 2.24) is 20.3 Å². The van der Waals surface area contributed by atoms with Crippen molar-refractivity contribution in [2.24, 2.45) is 13.0 Å². The van der Waals surface area contributed by atoms with E-state index in [1.807, 2.05) is 11.7 Å². The summed E-state index contributed by atoms with van der Waals surface area (Å²) in [5, 5.41) is 11.3. The van der Waals surface area contributed by atoms with E-state index in [-0.39, 0.29) is 0 Å². The normalized spacial score (nSPS) is 11.3. The highest BCUT2D eigenvalue weighted by Gasteiger charge is 2.06. The van der Waals surface area contributed by atoms with Crippen molar-refractivity contribution in [2.45, 2.75) is 26.7 Å². The van der Waals surface area contributed by atoms with Gasteiger partial charge in [0.05, 0.1) is 5.69 Å². The molecular weight excluding hydrogens is 256 g/mol. The summed E-state index contributed by atoms with van der Waals surface area (Å²) in [6, 6.07) is 0. The molecule has 0 saturated carbocycles. The van der Waals surface area contributed by atoms with Gasteiger partial charge in [0.15, 0.2) is 4.60 Å². The van der Waals surface area contributed by atoms with Crippen molar-refractivity contribution in [1.29, 1.82) is 0 Å². The van der Waals surface area contributed by atoms with Crippen LogP contribution in [0.1, 0.15) is 26.0 Å². The van der Waals surface area contributed by atoms with Crippen LogP contribution in [0.15, 0.2) is 4.60 Å². The van der Waals surface area contributed by atoms with Crippen LogP contribution < -0.4 is 5.32 Å². The van der Waals surface area contributed by atoms with E-state index >= 15 is 0 Å². The van der Waals surface area contributed by atoms with Gasteiger partial charge in [0.25, 0.3) is 0 Å². The Bertz CT molecular complexity index is 276. The molecule has 1 aromatic rings. The SMILES string of the molecule is CC(C)CNCCCc1c(Br)nnn1C. The van der Waals surface area contributed by atoms with Gasteiger partial charge in [0, 0.05) is 7.05 Å². The molecule has 0 atom stereocenters. The van der Waals surface area contributed by atoms with Crippen molar-refractivity contribution in [3.63, 3.8) is 0 Å². The van der Waals surface area contributed by atoms with E-state index in [0.29, 0.717) is 0 Å². The molecule has 4 nitrogen and oxygen atoms in total. The Balaban J connectivity index is 2.20. The molecule has 0 unspecified atom stereocenters. The number of hydrogen-bond acceptors (Lipinski definition) is 3. The maximum Gasteiger partial charge on any atom is 0.151 e. The number of nitrogens with one attached hydrogen (secondary N) is 1. The molecule has 86 valence electrons. The largest absolute Gasteiger partial charge is 0.316 e. The fourth-order valence-corrected chi connectivity index (χ4v) is 1.91. The molecular formula is C10H19BrN4. The van der Waals surface area contributed by atoms with E-state index in [1.165, 1.54) is 5.69 Å². The molecule has 0 aromatic carbocycles.